The molecule has 2 aromatic carbocycles. The summed E-state index contributed by atoms with van der Waals surface area (Å²) in [5.41, 5.74) is 1.22. The molecule has 10 heteroatoms. The highest BCUT2D eigenvalue weighted by Crippen LogP contribution is 2.22. The highest BCUT2D eigenvalue weighted by molar-refractivity contribution is 7.89. The van der Waals surface area contributed by atoms with Gasteiger partial charge in [0.2, 0.25) is 10.0 Å². The summed E-state index contributed by atoms with van der Waals surface area (Å²) in [6.07, 6.45) is 0. The fourth-order valence-electron chi connectivity index (χ4n) is 3.00. The summed E-state index contributed by atoms with van der Waals surface area (Å²) < 4.78 is 50.3. The molecule has 31 heavy (non-hydrogen) atoms. The lowest BCUT2D eigenvalue weighted by Crippen LogP contribution is -2.40. The molecule has 1 saturated heterocycles. The number of sulfonamides is 1. The number of carbonyl (C=O) groups is 2. The average molecular weight is 450 g/mol. The first-order valence-corrected chi connectivity index (χ1v) is 11.1. The Kier molecular flexibility index (Phi) is 7.37. The van der Waals surface area contributed by atoms with E-state index in [1.54, 1.807) is 6.92 Å². The quantitative estimate of drug-likeness (QED) is 0.644. The maximum Gasteiger partial charge on any atom is 0.338 e. The van der Waals surface area contributed by atoms with Crippen LogP contribution in [0.1, 0.15) is 21.5 Å². The molecule has 1 amide bonds. The molecule has 1 fully saturated rings. The van der Waals surface area contributed by atoms with Gasteiger partial charge in [-0.05, 0) is 42.3 Å². The first-order valence-electron chi connectivity index (χ1n) is 9.64. The molecule has 1 aliphatic rings. The van der Waals surface area contributed by atoms with E-state index < -0.39 is 28.5 Å². The molecule has 0 saturated carbocycles. The SMILES string of the molecule is Cc1ccc(C(=O)OCC(=O)NCc2ccc(F)cc2)cc1S(=O)(=O)N1CCOCC1. The van der Waals surface area contributed by atoms with Crippen molar-refractivity contribution in [2.75, 3.05) is 32.9 Å². The Morgan fingerprint density at radius 3 is 2.48 bits per heavy atom. The smallest absolute Gasteiger partial charge is 0.338 e. The number of benzene rings is 2. The number of hydrogen-bond acceptors (Lipinski definition) is 6. The van der Waals surface area contributed by atoms with E-state index in [4.69, 9.17) is 9.47 Å². The van der Waals surface area contributed by atoms with Crippen LogP contribution in [-0.4, -0.2) is 57.5 Å². The minimum absolute atomic E-state index is 0.0182. The zero-order valence-corrected chi connectivity index (χ0v) is 17.8. The number of carbonyl (C=O) groups excluding carboxylic acids is 2. The van der Waals surface area contributed by atoms with Crippen molar-refractivity contribution in [1.82, 2.24) is 9.62 Å². The number of hydrogen-bond donors (Lipinski definition) is 1. The molecule has 0 bridgehead atoms. The number of nitrogens with zero attached hydrogens (tertiary/aromatic N) is 1. The van der Waals surface area contributed by atoms with Crippen molar-refractivity contribution in [2.24, 2.45) is 0 Å². The van der Waals surface area contributed by atoms with Crippen LogP contribution in [0.5, 0.6) is 0 Å². The number of aryl methyl sites for hydroxylation is 1. The molecule has 0 aromatic heterocycles. The van der Waals surface area contributed by atoms with Gasteiger partial charge < -0.3 is 14.8 Å². The molecule has 0 aliphatic carbocycles. The van der Waals surface area contributed by atoms with Gasteiger partial charge in [0, 0.05) is 19.6 Å². The van der Waals surface area contributed by atoms with Gasteiger partial charge in [-0.1, -0.05) is 18.2 Å². The predicted octanol–water partition coefficient (Wildman–Crippen LogP) is 1.63. The normalized spacial score (nSPS) is 14.8. The number of nitrogens with one attached hydrogen (secondary N) is 1. The Morgan fingerprint density at radius 1 is 1.13 bits per heavy atom. The maximum atomic E-state index is 12.9. The van der Waals surface area contributed by atoms with Crippen LogP contribution in [0.15, 0.2) is 47.4 Å². The number of ether oxygens (including phenoxy) is 2. The summed E-state index contributed by atoms with van der Waals surface area (Å²) in [7, 11) is -3.78. The monoisotopic (exact) mass is 450 g/mol. The molecule has 8 nitrogen and oxygen atoms in total. The third kappa shape index (κ3) is 5.87. The second-order valence-electron chi connectivity index (χ2n) is 6.98. The van der Waals surface area contributed by atoms with Crippen LogP contribution in [0.2, 0.25) is 0 Å². The molecular weight excluding hydrogens is 427 g/mol. The van der Waals surface area contributed by atoms with Crippen molar-refractivity contribution in [3.63, 3.8) is 0 Å². The molecule has 0 spiro atoms. The van der Waals surface area contributed by atoms with Crippen LogP contribution >= 0.6 is 0 Å². The zero-order chi connectivity index (χ0) is 22.4. The molecular formula is C21H23FN2O6S. The lowest BCUT2D eigenvalue weighted by Gasteiger charge is -2.26. The summed E-state index contributed by atoms with van der Waals surface area (Å²) in [6, 6.07) is 9.86. The summed E-state index contributed by atoms with van der Waals surface area (Å²) in [6.45, 7) is 2.38. The highest BCUT2D eigenvalue weighted by Gasteiger charge is 2.28. The Labute approximate surface area is 180 Å². The molecule has 1 aliphatic heterocycles. The minimum atomic E-state index is -3.78. The Hall–Kier alpha value is -2.82. The van der Waals surface area contributed by atoms with E-state index in [9.17, 15) is 22.4 Å². The van der Waals surface area contributed by atoms with Gasteiger partial charge in [0.25, 0.3) is 5.91 Å². The van der Waals surface area contributed by atoms with Gasteiger partial charge in [0.1, 0.15) is 5.82 Å². The third-order valence-corrected chi connectivity index (χ3v) is 6.79. The molecule has 3 rings (SSSR count). The zero-order valence-electron chi connectivity index (χ0n) is 17.0. The molecule has 0 unspecified atom stereocenters. The molecule has 166 valence electrons. The second-order valence-corrected chi connectivity index (χ2v) is 8.88. The first kappa shape index (κ1) is 22.9. The van der Waals surface area contributed by atoms with Gasteiger partial charge in [0.05, 0.1) is 23.7 Å². The van der Waals surface area contributed by atoms with Gasteiger partial charge in [-0.3, -0.25) is 4.79 Å². The van der Waals surface area contributed by atoms with Gasteiger partial charge in [-0.2, -0.15) is 4.31 Å². The predicted molar refractivity (Wildman–Crippen MR) is 109 cm³/mol. The Bertz CT molecular complexity index is 1050. The van der Waals surface area contributed by atoms with Crippen molar-refractivity contribution in [3.05, 3.63) is 65.0 Å². The van der Waals surface area contributed by atoms with Crippen molar-refractivity contribution in [1.29, 1.82) is 0 Å². The van der Waals surface area contributed by atoms with Gasteiger partial charge in [0.15, 0.2) is 6.61 Å². The average Bonchev–Trinajstić information content (AvgIpc) is 2.78. The van der Waals surface area contributed by atoms with Crippen molar-refractivity contribution in [2.45, 2.75) is 18.4 Å². The van der Waals surface area contributed by atoms with Crippen LogP contribution in [0.4, 0.5) is 4.39 Å². The van der Waals surface area contributed by atoms with Crippen molar-refractivity contribution in [3.8, 4) is 0 Å². The Morgan fingerprint density at radius 2 is 1.81 bits per heavy atom. The van der Waals surface area contributed by atoms with E-state index in [0.717, 1.165) is 0 Å². The van der Waals surface area contributed by atoms with Crippen LogP contribution < -0.4 is 5.32 Å². The van der Waals surface area contributed by atoms with Crippen LogP contribution in [0, 0.1) is 12.7 Å². The largest absolute Gasteiger partial charge is 0.452 e. The van der Waals surface area contributed by atoms with E-state index in [1.165, 1.54) is 46.8 Å². The van der Waals surface area contributed by atoms with E-state index in [2.05, 4.69) is 5.32 Å². The van der Waals surface area contributed by atoms with Crippen LogP contribution in [-0.2, 0) is 30.8 Å². The first-order chi connectivity index (χ1) is 14.8. The number of amides is 1. The fraction of sp³-hybridized carbons (Fsp3) is 0.333. The van der Waals surface area contributed by atoms with Crippen molar-refractivity contribution < 1.29 is 31.9 Å². The van der Waals surface area contributed by atoms with E-state index in [1.807, 2.05) is 0 Å². The van der Waals surface area contributed by atoms with Crippen LogP contribution in [0.3, 0.4) is 0 Å². The van der Waals surface area contributed by atoms with Gasteiger partial charge >= 0.3 is 5.97 Å². The lowest BCUT2D eigenvalue weighted by atomic mass is 10.1. The fourth-order valence-corrected chi connectivity index (χ4v) is 4.66. The second kappa shape index (κ2) is 9.99. The Balaban J connectivity index is 1.60. The summed E-state index contributed by atoms with van der Waals surface area (Å²) in [4.78, 5) is 24.3. The van der Waals surface area contributed by atoms with Crippen LogP contribution in [0.25, 0.3) is 0 Å². The van der Waals surface area contributed by atoms with E-state index in [0.29, 0.717) is 24.3 Å². The third-order valence-electron chi connectivity index (χ3n) is 4.75. The lowest BCUT2D eigenvalue weighted by molar-refractivity contribution is -0.124. The number of halogens is 1. The minimum Gasteiger partial charge on any atom is -0.452 e. The molecule has 0 atom stereocenters. The summed E-state index contributed by atoms with van der Waals surface area (Å²) in [5.74, 6) is -1.72. The standard InChI is InChI=1S/C21H23FN2O6S/c1-15-2-5-17(12-19(15)31(27,28)24-8-10-29-11-9-24)21(26)30-14-20(25)23-13-16-3-6-18(22)7-4-16/h2-7,12H,8-11,13-14H2,1H3,(H,23,25). The molecule has 1 N–H and O–H groups in total. The molecule has 2 aromatic rings. The van der Waals surface area contributed by atoms with Gasteiger partial charge in [-0.15, -0.1) is 0 Å². The number of rotatable bonds is 7. The summed E-state index contributed by atoms with van der Waals surface area (Å²) >= 11 is 0. The number of esters is 1. The van der Waals surface area contributed by atoms with Gasteiger partial charge in [-0.25, -0.2) is 17.6 Å². The van der Waals surface area contributed by atoms with E-state index in [-0.39, 0.29) is 35.9 Å². The van der Waals surface area contributed by atoms with Crippen molar-refractivity contribution >= 4 is 21.9 Å². The summed E-state index contributed by atoms with van der Waals surface area (Å²) in [5, 5.41) is 2.56. The molecule has 0 radical (unpaired) electrons. The highest BCUT2D eigenvalue weighted by atomic mass is 32.2. The number of morpholine rings is 1. The van der Waals surface area contributed by atoms with E-state index >= 15 is 0 Å². The maximum absolute atomic E-state index is 12.9. The topological polar surface area (TPSA) is 102 Å². The molecule has 1 heterocycles.